The Kier molecular flexibility index (Phi) is 1.86. The zero-order chi connectivity index (χ0) is 5.98. The fourth-order valence-electron chi connectivity index (χ4n) is 1.10. The molecule has 1 aliphatic rings. The van der Waals surface area contributed by atoms with Crippen molar-refractivity contribution >= 4 is 0 Å². The molecule has 0 aromatic heterocycles. The van der Waals surface area contributed by atoms with Crippen LogP contribution in [-0.2, 0) is 0 Å². The Hall–Kier alpha value is -0.0800. The summed E-state index contributed by atoms with van der Waals surface area (Å²) in [4.78, 5) is 0. The molecule has 0 aliphatic carbocycles. The second kappa shape index (κ2) is 2.46. The van der Waals surface area contributed by atoms with Crippen LogP contribution in [0.3, 0.4) is 0 Å². The van der Waals surface area contributed by atoms with Crippen molar-refractivity contribution in [1.82, 2.24) is 10.0 Å². The highest BCUT2D eigenvalue weighted by Crippen LogP contribution is 2.05. The summed E-state index contributed by atoms with van der Waals surface area (Å²) in [6, 6.07) is 0. The molecule has 0 bridgehead atoms. The van der Waals surface area contributed by atoms with Gasteiger partial charge in [-0.15, -0.1) is 5.01 Å². The number of hydrogen-bond donors (Lipinski definition) is 0. The summed E-state index contributed by atoms with van der Waals surface area (Å²) < 4.78 is 0. The molecule has 2 nitrogen and oxygen atoms in total. The van der Waals surface area contributed by atoms with E-state index in [1.165, 1.54) is 25.9 Å². The Bertz CT molecular complexity index is 64.9. The van der Waals surface area contributed by atoms with Crippen LogP contribution in [0.5, 0.6) is 0 Å². The second-order valence-corrected chi connectivity index (χ2v) is 2.51. The lowest BCUT2D eigenvalue weighted by Gasteiger charge is -2.10. The topological polar surface area (TPSA) is 9.14 Å². The van der Waals surface area contributed by atoms with Gasteiger partial charge in [0.25, 0.3) is 0 Å². The van der Waals surface area contributed by atoms with Crippen LogP contribution in [0.15, 0.2) is 0 Å². The Labute approximate surface area is 51.0 Å². The Morgan fingerprint density at radius 1 is 1.12 bits per heavy atom. The predicted molar refractivity (Wildman–Crippen MR) is 34.8 cm³/mol. The molecule has 1 fully saturated rings. The molecule has 0 spiro atoms. The van der Waals surface area contributed by atoms with Crippen molar-refractivity contribution in [1.29, 1.82) is 0 Å². The fraction of sp³-hybridized carbons (Fsp3) is 1.00. The standard InChI is InChI=1S/C6H14N2/c1-7(2)8-5-3-4-6-8/h3-6H2,1-2H3/q+1. The van der Waals surface area contributed by atoms with Crippen molar-refractivity contribution < 1.29 is 0 Å². The molecule has 0 saturated carbocycles. The van der Waals surface area contributed by atoms with Crippen molar-refractivity contribution in [3.63, 3.8) is 0 Å². The van der Waals surface area contributed by atoms with Gasteiger partial charge < -0.3 is 0 Å². The molecule has 1 radical (unpaired) electrons. The molecule has 1 heterocycles. The quantitative estimate of drug-likeness (QED) is 0.448. The number of nitrogens with zero attached hydrogens (tertiary/aromatic N) is 2. The molecule has 1 aliphatic heterocycles. The zero-order valence-corrected chi connectivity index (χ0v) is 5.72. The van der Waals surface area contributed by atoms with E-state index in [0.717, 1.165) is 0 Å². The summed E-state index contributed by atoms with van der Waals surface area (Å²) in [7, 11) is 4.20. The van der Waals surface area contributed by atoms with E-state index < -0.39 is 0 Å². The number of rotatable bonds is 1. The van der Waals surface area contributed by atoms with Crippen molar-refractivity contribution in [3.05, 3.63) is 0 Å². The normalized spacial score (nSPS) is 22.9. The lowest BCUT2D eigenvalue weighted by atomic mass is 10.4. The highest BCUT2D eigenvalue weighted by molar-refractivity contribution is 4.62. The third-order valence-corrected chi connectivity index (χ3v) is 1.65. The average molecular weight is 114 g/mol. The molecule has 8 heavy (non-hydrogen) atoms. The minimum Gasteiger partial charge on any atom is -0.107 e. The molecule has 1 rings (SSSR count). The maximum absolute atomic E-state index is 2.36. The SMILES string of the molecule is C[N+](C)N1CCCC1. The Balaban J connectivity index is 2.24. The summed E-state index contributed by atoms with van der Waals surface area (Å²) in [5, 5.41) is 4.53. The molecule has 0 aromatic rings. The van der Waals surface area contributed by atoms with E-state index in [-0.39, 0.29) is 0 Å². The van der Waals surface area contributed by atoms with E-state index in [1.54, 1.807) is 0 Å². The smallest absolute Gasteiger partial charge is 0.107 e. The van der Waals surface area contributed by atoms with Gasteiger partial charge in [-0.2, -0.15) is 0 Å². The predicted octanol–water partition coefficient (Wildman–Crippen LogP) is 0.397. The van der Waals surface area contributed by atoms with Crippen LogP contribution < -0.4 is 5.01 Å². The number of hydrogen-bond acceptors (Lipinski definition) is 2. The summed E-state index contributed by atoms with van der Waals surface area (Å²) in [5.74, 6) is 0. The van der Waals surface area contributed by atoms with Gasteiger partial charge in [0.2, 0.25) is 0 Å². The van der Waals surface area contributed by atoms with Crippen LogP contribution in [0, 0.1) is 0 Å². The Morgan fingerprint density at radius 2 is 1.62 bits per heavy atom. The largest absolute Gasteiger partial charge is 0.134 e. The van der Waals surface area contributed by atoms with Gasteiger partial charge in [-0.3, -0.25) is 0 Å². The minimum absolute atomic E-state index is 1.26. The van der Waals surface area contributed by atoms with E-state index in [2.05, 4.69) is 24.1 Å². The van der Waals surface area contributed by atoms with Crippen LogP contribution in [0.25, 0.3) is 0 Å². The first-order valence-electron chi connectivity index (χ1n) is 3.23. The van der Waals surface area contributed by atoms with Crippen molar-refractivity contribution in [3.8, 4) is 0 Å². The third-order valence-electron chi connectivity index (χ3n) is 1.65. The number of hydrazine groups is 1. The van der Waals surface area contributed by atoms with Gasteiger partial charge in [0, 0.05) is 0 Å². The van der Waals surface area contributed by atoms with Gasteiger partial charge >= 0.3 is 0 Å². The summed E-state index contributed by atoms with van der Waals surface area (Å²) in [6.45, 7) is 2.51. The minimum atomic E-state index is 1.26. The molecule has 47 valence electrons. The first-order chi connectivity index (χ1) is 3.80. The van der Waals surface area contributed by atoms with E-state index in [4.69, 9.17) is 0 Å². The maximum atomic E-state index is 2.36. The molecular weight excluding hydrogens is 100 g/mol. The van der Waals surface area contributed by atoms with Gasteiger partial charge in [-0.05, 0) is 12.8 Å². The molecule has 0 amide bonds. The van der Waals surface area contributed by atoms with Gasteiger partial charge in [0.05, 0.1) is 13.1 Å². The molecule has 0 N–H and O–H groups in total. The van der Waals surface area contributed by atoms with Crippen LogP contribution in [0.1, 0.15) is 12.8 Å². The van der Waals surface area contributed by atoms with Gasteiger partial charge in [0.15, 0.2) is 0 Å². The average Bonchev–Trinajstić information content (AvgIpc) is 2.12. The third kappa shape index (κ3) is 1.20. The molecule has 1 saturated heterocycles. The van der Waals surface area contributed by atoms with E-state index in [0.29, 0.717) is 0 Å². The molecule has 0 atom stereocenters. The fourth-order valence-corrected chi connectivity index (χ4v) is 1.10. The molecule has 2 heteroatoms. The lowest BCUT2D eigenvalue weighted by molar-refractivity contribution is 0.150. The van der Waals surface area contributed by atoms with Gasteiger partial charge in [-0.1, -0.05) is 5.01 Å². The monoisotopic (exact) mass is 114 g/mol. The molecular formula is C6H14N2+. The summed E-state index contributed by atoms with van der Waals surface area (Å²) in [6.07, 6.45) is 2.75. The van der Waals surface area contributed by atoms with Crippen LogP contribution in [-0.4, -0.2) is 32.2 Å². The van der Waals surface area contributed by atoms with Gasteiger partial charge in [0.1, 0.15) is 14.1 Å². The first-order valence-corrected chi connectivity index (χ1v) is 3.23. The first kappa shape index (κ1) is 6.05. The maximum Gasteiger partial charge on any atom is 0.134 e. The van der Waals surface area contributed by atoms with Crippen molar-refractivity contribution in [2.75, 3.05) is 27.2 Å². The van der Waals surface area contributed by atoms with Crippen LogP contribution >= 0.6 is 0 Å². The second-order valence-electron chi connectivity index (χ2n) is 2.51. The van der Waals surface area contributed by atoms with E-state index in [9.17, 15) is 0 Å². The van der Waals surface area contributed by atoms with Gasteiger partial charge in [-0.25, -0.2) is 0 Å². The van der Waals surface area contributed by atoms with E-state index in [1.807, 2.05) is 0 Å². The summed E-state index contributed by atoms with van der Waals surface area (Å²) in [5.41, 5.74) is 0. The highest BCUT2D eigenvalue weighted by Gasteiger charge is 2.19. The lowest BCUT2D eigenvalue weighted by Crippen LogP contribution is -2.38. The Morgan fingerprint density at radius 3 is 1.88 bits per heavy atom. The summed E-state index contributed by atoms with van der Waals surface area (Å²) >= 11 is 0. The highest BCUT2D eigenvalue weighted by atomic mass is 15.6. The van der Waals surface area contributed by atoms with Crippen LogP contribution in [0.2, 0.25) is 0 Å². The van der Waals surface area contributed by atoms with Crippen LogP contribution in [0.4, 0.5) is 0 Å². The molecule has 0 aromatic carbocycles. The van der Waals surface area contributed by atoms with E-state index >= 15 is 0 Å². The molecule has 0 unspecified atom stereocenters. The van der Waals surface area contributed by atoms with Crippen molar-refractivity contribution in [2.24, 2.45) is 0 Å². The zero-order valence-electron chi connectivity index (χ0n) is 5.72. The van der Waals surface area contributed by atoms with Crippen molar-refractivity contribution in [2.45, 2.75) is 12.8 Å².